The van der Waals surface area contributed by atoms with Gasteiger partial charge in [0.15, 0.2) is 0 Å². The molecule has 29 heavy (non-hydrogen) atoms. The quantitative estimate of drug-likeness (QED) is 0.157. The molecule has 0 saturated carbocycles. The van der Waals surface area contributed by atoms with Gasteiger partial charge in [0, 0.05) is 0 Å². The molecule has 148 valence electrons. The monoisotopic (exact) mass is 476 g/mol. The van der Waals surface area contributed by atoms with Crippen molar-refractivity contribution in [3.05, 3.63) is 103 Å². The summed E-state index contributed by atoms with van der Waals surface area (Å²) in [6.45, 7) is 14.3. The summed E-state index contributed by atoms with van der Waals surface area (Å²) in [6.07, 6.45) is 5.58. The van der Waals surface area contributed by atoms with Crippen LogP contribution < -0.4 is 5.30 Å². The minimum Gasteiger partial charge on any atom is -0.168 e. The second-order valence-electron chi connectivity index (χ2n) is 7.05. The van der Waals surface area contributed by atoms with E-state index in [1.54, 1.807) is 6.08 Å². The third-order valence-electron chi connectivity index (χ3n) is 4.70. The Morgan fingerprint density at radius 2 is 1.66 bits per heavy atom. The molecule has 0 fully saturated rings. The molecule has 0 N–H and O–H groups in total. The molecule has 0 bridgehead atoms. The van der Waals surface area contributed by atoms with Crippen LogP contribution in [0.1, 0.15) is 18.1 Å². The molecular weight excluding hydrogens is 446 g/mol. The zero-order chi connectivity index (χ0) is 20.5. The van der Waals surface area contributed by atoms with E-state index in [-0.39, 0.29) is 34.1 Å². The van der Waals surface area contributed by atoms with Gasteiger partial charge in [-0.15, -0.1) is 76.7 Å². The van der Waals surface area contributed by atoms with E-state index in [2.05, 4.69) is 100 Å². The van der Waals surface area contributed by atoms with Crippen LogP contribution in [0, 0.1) is 13.8 Å². The number of fused-ring (bicyclic) bond motifs is 2. The van der Waals surface area contributed by atoms with E-state index >= 15 is 0 Å². The van der Waals surface area contributed by atoms with Gasteiger partial charge in [0.05, 0.1) is 0 Å². The molecule has 0 nitrogen and oxygen atoms in total. The van der Waals surface area contributed by atoms with Gasteiger partial charge in [-0.25, -0.2) is 0 Å². The molecule has 0 heterocycles. The van der Waals surface area contributed by atoms with Gasteiger partial charge in [-0.3, -0.25) is 0 Å². The number of benzene rings is 2. The van der Waals surface area contributed by atoms with E-state index in [9.17, 15) is 0 Å². The van der Waals surface area contributed by atoms with Crippen molar-refractivity contribution < 1.29 is 26.2 Å². The first-order chi connectivity index (χ1) is 13.5. The molecule has 0 aliphatic carbocycles. The summed E-state index contributed by atoms with van der Waals surface area (Å²) in [4.78, 5) is 0. The SMILES string of the molecule is C=C/C=C/C.CP(C)c1cc2ccccc2[cH-]1.Cc1ccc(C)c2[cH-]ccc12.[Zr+2]. The summed E-state index contributed by atoms with van der Waals surface area (Å²) in [5, 5.41) is 7.05. The van der Waals surface area contributed by atoms with Crippen LogP contribution in [0.2, 0.25) is 0 Å². The van der Waals surface area contributed by atoms with Gasteiger partial charge >= 0.3 is 26.2 Å². The number of hydrogen-bond acceptors (Lipinski definition) is 0. The summed E-state index contributed by atoms with van der Waals surface area (Å²) in [7, 11) is 0.0576. The summed E-state index contributed by atoms with van der Waals surface area (Å²) in [5.41, 5.74) is 2.74. The van der Waals surface area contributed by atoms with Crippen molar-refractivity contribution in [3.8, 4) is 0 Å². The summed E-state index contributed by atoms with van der Waals surface area (Å²) in [6, 6.07) is 24.0. The zero-order valence-electron chi connectivity index (χ0n) is 18.2. The maximum atomic E-state index is 3.46. The summed E-state index contributed by atoms with van der Waals surface area (Å²) in [5.74, 6) is 0. The van der Waals surface area contributed by atoms with Crippen LogP contribution in [0.3, 0.4) is 0 Å². The average Bonchev–Trinajstić information content (AvgIpc) is 3.34. The smallest absolute Gasteiger partial charge is 0.168 e. The van der Waals surface area contributed by atoms with Gasteiger partial charge in [-0.1, -0.05) is 49.4 Å². The Kier molecular flexibility index (Phi) is 11.3. The number of allylic oxidation sites excluding steroid dienone is 3. The van der Waals surface area contributed by atoms with E-state index in [1.165, 1.54) is 38.0 Å². The molecule has 2 heteroatoms. The number of aryl methyl sites for hydroxylation is 2. The Hall–Kier alpha value is -1.55. The molecule has 0 aliphatic heterocycles. The van der Waals surface area contributed by atoms with Gasteiger partial charge in [0.25, 0.3) is 0 Å². The van der Waals surface area contributed by atoms with Gasteiger partial charge < -0.3 is 0 Å². The fourth-order valence-corrected chi connectivity index (χ4v) is 3.86. The van der Waals surface area contributed by atoms with E-state index in [4.69, 9.17) is 0 Å². The first-order valence-corrected chi connectivity index (χ1v) is 11.9. The largest absolute Gasteiger partial charge is 2.00 e. The molecule has 0 spiro atoms. The summed E-state index contributed by atoms with van der Waals surface area (Å²) < 4.78 is 0. The van der Waals surface area contributed by atoms with Crippen LogP contribution in [0.25, 0.3) is 21.5 Å². The van der Waals surface area contributed by atoms with Crippen molar-refractivity contribution >= 4 is 34.8 Å². The van der Waals surface area contributed by atoms with Crippen LogP contribution >= 0.6 is 7.92 Å². The molecule has 0 unspecified atom stereocenters. The molecule has 0 aromatic heterocycles. The van der Waals surface area contributed by atoms with Crippen LogP contribution in [0.4, 0.5) is 0 Å². The Bertz CT molecular complexity index is 978. The van der Waals surface area contributed by atoms with Crippen molar-refractivity contribution in [3.63, 3.8) is 0 Å². The molecule has 0 aliphatic rings. The second-order valence-corrected chi connectivity index (χ2v) is 9.36. The predicted molar refractivity (Wildman–Crippen MR) is 132 cm³/mol. The normalized spacial score (nSPS) is 10.3. The first kappa shape index (κ1) is 25.5. The zero-order valence-corrected chi connectivity index (χ0v) is 21.6. The molecule has 4 aromatic rings. The number of hydrogen-bond donors (Lipinski definition) is 0. The maximum absolute atomic E-state index is 3.46. The second kappa shape index (κ2) is 12.9. The van der Waals surface area contributed by atoms with E-state index in [0.29, 0.717) is 0 Å². The Morgan fingerprint density at radius 3 is 2.21 bits per heavy atom. The fourth-order valence-electron chi connectivity index (χ4n) is 3.07. The molecule has 0 amide bonds. The molecule has 4 aromatic carbocycles. The van der Waals surface area contributed by atoms with E-state index in [0.717, 1.165) is 0 Å². The molecule has 4 rings (SSSR count). The van der Waals surface area contributed by atoms with Gasteiger partial charge in [0.2, 0.25) is 0 Å². The van der Waals surface area contributed by atoms with Crippen LogP contribution in [-0.4, -0.2) is 13.3 Å². The van der Waals surface area contributed by atoms with Crippen LogP contribution in [-0.2, 0) is 26.2 Å². The predicted octanol–water partition coefficient (Wildman–Crippen LogP) is 7.85. The molecular formula is C27H31PZr. The van der Waals surface area contributed by atoms with E-state index < -0.39 is 0 Å². The third kappa shape index (κ3) is 7.33. The van der Waals surface area contributed by atoms with Crippen molar-refractivity contribution in [2.24, 2.45) is 0 Å². The van der Waals surface area contributed by atoms with Crippen molar-refractivity contribution in [2.45, 2.75) is 20.8 Å². The number of rotatable bonds is 2. The standard InChI is InChI=1S/C11H12P.C11H11.C5H8.Zr/c1-12(2)11-7-9-5-3-4-6-10(9)8-11;1-8-6-7-9(2)11-5-3-4-10(8)11;1-3-5-4-2;/h3-8H,1-2H3;3-7H,1-2H3;3-5H,1H2,2H3;/q2*-1;;+2/b;;5-4+;. The van der Waals surface area contributed by atoms with Crippen molar-refractivity contribution in [1.82, 2.24) is 0 Å². The molecule has 0 saturated heterocycles. The minimum absolute atomic E-state index is 0. The molecule has 0 atom stereocenters. The maximum Gasteiger partial charge on any atom is 2.00 e. The third-order valence-corrected chi connectivity index (χ3v) is 5.99. The van der Waals surface area contributed by atoms with Crippen molar-refractivity contribution in [2.75, 3.05) is 13.3 Å². The van der Waals surface area contributed by atoms with Crippen molar-refractivity contribution in [1.29, 1.82) is 0 Å². The van der Waals surface area contributed by atoms with Crippen LogP contribution in [0.5, 0.6) is 0 Å². The minimum atomic E-state index is 0. The Balaban J connectivity index is 0.000000232. The van der Waals surface area contributed by atoms with Crippen LogP contribution in [0.15, 0.2) is 91.5 Å². The Morgan fingerprint density at radius 1 is 0.966 bits per heavy atom. The van der Waals surface area contributed by atoms with Gasteiger partial charge in [-0.2, -0.15) is 18.2 Å². The van der Waals surface area contributed by atoms with E-state index in [1.807, 2.05) is 19.1 Å². The van der Waals surface area contributed by atoms with Gasteiger partial charge in [-0.05, 0) is 27.2 Å². The molecule has 0 radical (unpaired) electrons. The summed E-state index contributed by atoms with van der Waals surface area (Å²) >= 11 is 0. The fraction of sp³-hybridized carbons (Fsp3) is 0.185. The topological polar surface area (TPSA) is 0 Å². The average molecular weight is 478 g/mol. The Labute approximate surface area is 196 Å². The van der Waals surface area contributed by atoms with Gasteiger partial charge in [0.1, 0.15) is 0 Å². The first-order valence-electron chi connectivity index (χ1n) is 9.66.